The fourth-order valence-corrected chi connectivity index (χ4v) is 3.70. The van der Waals surface area contributed by atoms with Crippen LogP contribution in [0.15, 0.2) is 17.8 Å². The number of hydrogen-bond donors (Lipinski definition) is 1. The summed E-state index contributed by atoms with van der Waals surface area (Å²) in [5, 5.41) is 23.0. The standard InChI is InChI=1S/C16H16F3N3O5/c17-16(18,19)10-8-13(21(23)24)15(14(9-10)22(25)26)11-2-1-3-12(11)20-4-6-27-7-5-20/h8-9H,1-7H2/p+1. The number of nitro groups is 2. The van der Waals surface area contributed by atoms with Crippen molar-refractivity contribution in [2.24, 2.45) is 0 Å². The van der Waals surface area contributed by atoms with E-state index in [1.807, 2.05) is 0 Å². The number of benzene rings is 1. The van der Waals surface area contributed by atoms with Crippen molar-refractivity contribution < 1.29 is 32.7 Å². The van der Waals surface area contributed by atoms with Gasteiger partial charge in [0, 0.05) is 24.1 Å². The van der Waals surface area contributed by atoms with E-state index in [0.29, 0.717) is 63.3 Å². The first-order valence-electron chi connectivity index (χ1n) is 8.39. The molecule has 0 amide bonds. The Morgan fingerprint density at radius 3 is 2.04 bits per heavy atom. The molecule has 1 aliphatic carbocycles. The number of alkyl halides is 3. The second-order valence-corrected chi connectivity index (χ2v) is 6.43. The van der Waals surface area contributed by atoms with E-state index in [0.717, 1.165) is 10.6 Å². The molecular weight excluding hydrogens is 371 g/mol. The number of nitro benzene ring substituents is 2. The van der Waals surface area contributed by atoms with Crippen molar-refractivity contribution in [2.45, 2.75) is 25.4 Å². The molecule has 1 N–H and O–H groups in total. The number of halogens is 3. The van der Waals surface area contributed by atoms with Gasteiger partial charge in [0.2, 0.25) is 0 Å². The highest BCUT2D eigenvalue weighted by Gasteiger charge is 2.41. The third-order valence-electron chi connectivity index (χ3n) is 4.86. The van der Waals surface area contributed by atoms with Crippen LogP contribution in [0.1, 0.15) is 30.4 Å². The minimum atomic E-state index is -4.92. The summed E-state index contributed by atoms with van der Waals surface area (Å²) in [7, 11) is 0. The molecule has 27 heavy (non-hydrogen) atoms. The SMILES string of the molecule is O=[N+]([O-])c1cc(C(F)(F)F)cc([N+](=O)[O-])c1C1=C([NH+]2CCOCC2)CCC1. The van der Waals surface area contributed by atoms with Crippen molar-refractivity contribution in [1.29, 1.82) is 0 Å². The number of rotatable bonds is 4. The molecule has 1 aromatic carbocycles. The third kappa shape index (κ3) is 3.78. The van der Waals surface area contributed by atoms with Gasteiger partial charge >= 0.3 is 6.18 Å². The summed E-state index contributed by atoms with van der Waals surface area (Å²) in [6.07, 6.45) is -3.33. The number of ether oxygens (including phenoxy) is 1. The zero-order chi connectivity index (χ0) is 19.8. The van der Waals surface area contributed by atoms with Gasteiger partial charge in [0.1, 0.15) is 24.4 Å². The molecular formula is C16H17F3N3O5+. The number of quaternary nitrogens is 1. The summed E-state index contributed by atoms with van der Waals surface area (Å²) in [5.74, 6) is 0. The molecule has 0 saturated carbocycles. The molecule has 146 valence electrons. The molecule has 0 aromatic heterocycles. The largest absolute Gasteiger partial charge is 0.416 e. The molecule has 1 aliphatic heterocycles. The van der Waals surface area contributed by atoms with Gasteiger partial charge in [0.25, 0.3) is 11.4 Å². The van der Waals surface area contributed by atoms with Crippen LogP contribution in [0.2, 0.25) is 0 Å². The first-order valence-corrected chi connectivity index (χ1v) is 8.39. The van der Waals surface area contributed by atoms with Crippen LogP contribution >= 0.6 is 0 Å². The minimum Gasteiger partial charge on any atom is -0.370 e. The molecule has 0 spiro atoms. The van der Waals surface area contributed by atoms with Crippen molar-refractivity contribution in [3.8, 4) is 0 Å². The molecule has 1 aromatic rings. The van der Waals surface area contributed by atoms with Gasteiger partial charge in [-0.05, 0) is 12.8 Å². The van der Waals surface area contributed by atoms with Gasteiger partial charge < -0.3 is 9.64 Å². The number of hydrogen-bond acceptors (Lipinski definition) is 5. The van der Waals surface area contributed by atoms with Crippen LogP contribution in [-0.4, -0.2) is 36.1 Å². The zero-order valence-corrected chi connectivity index (χ0v) is 14.2. The molecule has 1 heterocycles. The van der Waals surface area contributed by atoms with Crippen LogP contribution in [0.3, 0.4) is 0 Å². The molecule has 11 heteroatoms. The average Bonchev–Trinajstić information content (AvgIpc) is 3.09. The van der Waals surface area contributed by atoms with E-state index >= 15 is 0 Å². The smallest absolute Gasteiger partial charge is 0.370 e. The highest BCUT2D eigenvalue weighted by atomic mass is 19.4. The molecule has 1 saturated heterocycles. The fourth-order valence-electron chi connectivity index (χ4n) is 3.70. The summed E-state index contributed by atoms with van der Waals surface area (Å²) in [6.45, 7) is 2.20. The number of allylic oxidation sites excluding steroid dienone is 2. The Balaban J connectivity index is 2.24. The lowest BCUT2D eigenvalue weighted by Gasteiger charge is -2.25. The predicted octanol–water partition coefficient (Wildman–Crippen LogP) is 2.33. The first-order chi connectivity index (χ1) is 12.7. The fraction of sp³-hybridized carbons (Fsp3) is 0.500. The molecule has 1 fully saturated rings. The van der Waals surface area contributed by atoms with Crippen LogP contribution in [0.25, 0.3) is 5.57 Å². The maximum absolute atomic E-state index is 13.1. The quantitative estimate of drug-likeness (QED) is 0.630. The summed E-state index contributed by atoms with van der Waals surface area (Å²) in [4.78, 5) is 22.0. The van der Waals surface area contributed by atoms with Crippen LogP contribution < -0.4 is 4.90 Å². The normalized spacial score (nSPS) is 18.8. The maximum Gasteiger partial charge on any atom is 0.416 e. The Morgan fingerprint density at radius 1 is 1.00 bits per heavy atom. The second-order valence-electron chi connectivity index (χ2n) is 6.43. The molecule has 0 unspecified atom stereocenters. The summed E-state index contributed by atoms with van der Waals surface area (Å²) in [5.41, 5.74) is -2.24. The van der Waals surface area contributed by atoms with E-state index in [9.17, 15) is 33.4 Å². The van der Waals surface area contributed by atoms with Crippen molar-refractivity contribution in [3.05, 3.63) is 49.2 Å². The van der Waals surface area contributed by atoms with E-state index in [-0.39, 0.29) is 5.56 Å². The minimum absolute atomic E-state index is 0.301. The van der Waals surface area contributed by atoms with Crippen LogP contribution in [0, 0.1) is 20.2 Å². The van der Waals surface area contributed by atoms with E-state index in [4.69, 9.17) is 4.74 Å². The Hall–Kier alpha value is -2.53. The number of nitrogens with zero attached hydrogens (tertiary/aromatic N) is 2. The third-order valence-corrected chi connectivity index (χ3v) is 4.86. The second kappa shape index (κ2) is 7.24. The molecule has 0 atom stereocenters. The topological polar surface area (TPSA) is 100.0 Å². The molecule has 3 rings (SSSR count). The first kappa shape index (κ1) is 19.2. The van der Waals surface area contributed by atoms with Gasteiger partial charge in [-0.1, -0.05) is 0 Å². The predicted molar refractivity (Wildman–Crippen MR) is 87.0 cm³/mol. The lowest BCUT2D eigenvalue weighted by Crippen LogP contribution is -3.12. The lowest BCUT2D eigenvalue weighted by atomic mass is 9.97. The Kier molecular flexibility index (Phi) is 5.16. The van der Waals surface area contributed by atoms with E-state index < -0.39 is 33.0 Å². The zero-order valence-electron chi connectivity index (χ0n) is 14.2. The van der Waals surface area contributed by atoms with Crippen LogP contribution in [0.5, 0.6) is 0 Å². The summed E-state index contributed by atoms with van der Waals surface area (Å²) < 4.78 is 44.5. The average molecular weight is 388 g/mol. The van der Waals surface area contributed by atoms with Gasteiger partial charge in [0.05, 0.1) is 28.6 Å². The van der Waals surface area contributed by atoms with E-state index in [2.05, 4.69) is 0 Å². The summed E-state index contributed by atoms with van der Waals surface area (Å²) >= 11 is 0. The Morgan fingerprint density at radius 2 is 1.56 bits per heavy atom. The van der Waals surface area contributed by atoms with Crippen molar-refractivity contribution in [3.63, 3.8) is 0 Å². The van der Waals surface area contributed by atoms with Gasteiger partial charge in [-0.15, -0.1) is 0 Å². The Labute approximate surface area is 151 Å². The summed E-state index contributed by atoms with van der Waals surface area (Å²) in [6, 6.07) is 0.778. The van der Waals surface area contributed by atoms with Crippen molar-refractivity contribution >= 4 is 16.9 Å². The van der Waals surface area contributed by atoms with Crippen molar-refractivity contribution in [1.82, 2.24) is 0 Å². The van der Waals surface area contributed by atoms with Crippen LogP contribution in [-0.2, 0) is 10.9 Å². The molecule has 8 nitrogen and oxygen atoms in total. The highest BCUT2D eigenvalue weighted by Crippen LogP contribution is 2.44. The molecule has 0 bridgehead atoms. The maximum atomic E-state index is 13.1. The lowest BCUT2D eigenvalue weighted by molar-refractivity contribution is -0.870. The van der Waals surface area contributed by atoms with E-state index in [1.54, 1.807) is 0 Å². The number of nitrogens with one attached hydrogen (secondary N) is 1. The van der Waals surface area contributed by atoms with Gasteiger partial charge in [-0.3, -0.25) is 20.2 Å². The van der Waals surface area contributed by atoms with Gasteiger partial charge in [-0.2, -0.15) is 13.2 Å². The Bertz CT molecular complexity index is 781. The molecule has 2 aliphatic rings. The number of morpholine rings is 1. The van der Waals surface area contributed by atoms with Crippen LogP contribution in [0.4, 0.5) is 24.5 Å². The van der Waals surface area contributed by atoms with Crippen molar-refractivity contribution in [2.75, 3.05) is 26.3 Å². The highest BCUT2D eigenvalue weighted by molar-refractivity contribution is 5.82. The monoisotopic (exact) mass is 388 g/mol. The van der Waals surface area contributed by atoms with E-state index in [1.165, 1.54) is 0 Å². The molecule has 0 radical (unpaired) electrons. The van der Waals surface area contributed by atoms with Gasteiger partial charge in [0.15, 0.2) is 0 Å². The van der Waals surface area contributed by atoms with Gasteiger partial charge in [-0.25, -0.2) is 0 Å².